The van der Waals surface area contributed by atoms with Crippen molar-refractivity contribution < 1.29 is 13.9 Å². The van der Waals surface area contributed by atoms with Crippen LogP contribution in [0, 0.1) is 5.82 Å². The fourth-order valence-corrected chi connectivity index (χ4v) is 2.39. The molecule has 23 heavy (non-hydrogen) atoms. The van der Waals surface area contributed by atoms with Gasteiger partial charge in [0.25, 0.3) is 5.91 Å². The molecule has 1 N–H and O–H groups in total. The van der Waals surface area contributed by atoms with E-state index in [2.05, 4.69) is 26.1 Å². The van der Waals surface area contributed by atoms with Gasteiger partial charge in [0.1, 0.15) is 11.6 Å². The molecule has 0 saturated carbocycles. The Morgan fingerprint density at radius 3 is 2.57 bits per heavy atom. The Hall–Kier alpha value is -2.07. The van der Waals surface area contributed by atoms with Gasteiger partial charge in [0.05, 0.1) is 5.02 Å². The topological polar surface area (TPSA) is 38.3 Å². The largest absolute Gasteiger partial charge is 0.482 e. The molecule has 0 bridgehead atoms. The molecule has 3 nitrogen and oxygen atoms in total. The van der Waals surface area contributed by atoms with Gasteiger partial charge in [0.15, 0.2) is 6.61 Å². The molecule has 0 aromatic heterocycles. The van der Waals surface area contributed by atoms with Crippen LogP contribution in [0.5, 0.6) is 5.75 Å². The molecule has 0 atom stereocenters. The number of carbonyl (C=O) groups excluding carboxylic acids is 1. The van der Waals surface area contributed by atoms with Crippen LogP contribution in [0.1, 0.15) is 26.3 Å². The minimum Gasteiger partial charge on any atom is -0.482 e. The fourth-order valence-electron chi connectivity index (χ4n) is 2.17. The van der Waals surface area contributed by atoms with E-state index < -0.39 is 5.82 Å². The number of ether oxygens (including phenoxy) is 1. The monoisotopic (exact) mass is 335 g/mol. The summed E-state index contributed by atoms with van der Waals surface area (Å²) in [5, 5.41) is 2.97. The summed E-state index contributed by atoms with van der Waals surface area (Å²) < 4.78 is 18.3. The zero-order valence-corrected chi connectivity index (χ0v) is 14.1. The summed E-state index contributed by atoms with van der Waals surface area (Å²) in [5.74, 6) is -0.486. The Bertz CT molecular complexity index is 710. The normalized spacial score (nSPS) is 11.2. The number of anilines is 1. The lowest BCUT2D eigenvalue weighted by molar-refractivity contribution is -0.118. The molecule has 0 fully saturated rings. The van der Waals surface area contributed by atoms with Gasteiger partial charge < -0.3 is 10.1 Å². The van der Waals surface area contributed by atoms with Crippen LogP contribution in [0.2, 0.25) is 5.02 Å². The smallest absolute Gasteiger partial charge is 0.262 e. The van der Waals surface area contributed by atoms with Crippen molar-refractivity contribution in [1.29, 1.82) is 0 Å². The summed E-state index contributed by atoms with van der Waals surface area (Å²) in [5.41, 5.74) is 1.69. The molecule has 122 valence electrons. The van der Waals surface area contributed by atoms with Gasteiger partial charge in [-0.05, 0) is 35.2 Å². The molecule has 0 spiro atoms. The lowest BCUT2D eigenvalue weighted by Crippen LogP contribution is -2.23. The number of hydrogen-bond donors (Lipinski definition) is 1. The number of halogens is 2. The van der Waals surface area contributed by atoms with Gasteiger partial charge in [-0.2, -0.15) is 0 Å². The first kappa shape index (κ1) is 17.3. The maximum atomic E-state index is 13.0. The van der Waals surface area contributed by atoms with Crippen LogP contribution >= 0.6 is 11.6 Å². The summed E-state index contributed by atoms with van der Waals surface area (Å²) in [6.45, 7) is 6.02. The van der Waals surface area contributed by atoms with Crippen LogP contribution in [0.25, 0.3) is 0 Å². The van der Waals surface area contributed by atoms with E-state index in [9.17, 15) is 9.18 Å². The molecule has 0 aliphatic carbocycles. The third kappa shape index (κ3) is 4.70. The van der Waals surface area contributed by atoms with Gasteiger partial charge in [0.2, 0.25) is 0 Å². The third-order valence-corrected chi connectivity index (χ3v) is 3.56. The minimum atomic E-state index is -0.453. The van der Waals surface area contributed by atoms with E-state index in [1.165, 1.54) is 12.1 Å². The Morgan fingerprint density at radius 2 is 1.91 bits per heavy atom. The van der Waals surface area contributed by atoms with Gasteiger partial charge in [-0.3, -0.25) is 4.79 Å². The number of benzene rings is 2. The molecule has 1 amide bonds. The molecule has 2 aromatic rings. The fraction of sp³-hybridized carbons (Fsp3) is 0.278. The van der Waals surface area contributed by atoms with E-state index in [0.717, 1.165) is 17.3 Å². The zero-order chi connectivity index (χ0) is 17.0. The first-order valence-electron chi connectivity index (χ1n) is 7.24. The van der Waals surface area contributed by atoms with Crippen molar-refractivity contribution in [2.75, 3.05) is 11.9 Å². The summed E-state index contributed by atoms with van der Waals surface area (Å²) in [7, 11) is 0. The molecule has 2 aromatic carbocycles. The van der Waals surface area contributed by atoms with Gasteiger partial charge in [-0.1, -0.05) is 50.6 Å². The maximum absolute atomic E-state index is 13.0. The number of carbonyl (C=O) groups is 1. The first-order valence-corrected chi connectivity index (χ1v) is 7.62. The molecule has 0 saturated heterocycles. The van der Waals surface area contributed by atoms with Gasteiger partial charge in [0, 0.05) is 5.69 Å². The second kappa shape index (κ2) is 7.01. The predicted molar refractivity (Wildman–Crippen MR) is 90.7 cm³/mol. The second-order valence-electron chi connectivity index (χ2n) is 6.21. The van der Waals surface area contributed by atoms with E-state index in [-0.39, 0.29) is 28.7 Å². The van der Waals surface area contributed by atoms with Crippen LogP contribution in [-0.2, 0) is 10.2 Å². The first-order chi connectivity index (χ1) is 10.8. The van der Waals surface area contributed by atoms with Crippen molar-refractivity contribution >= 4 is 23.2 Å². The van der Waals surface area contributed by atoms with Gasteiger partial charge in [-0.25, -0.2) is 4.39 Å². The van der Waals surface area contributed by atoms with Crippen molar-refractivity contribution in [1.82, 2.24) is 0 Å². The molecule has 0 heterocycles. The summed E-state index contributed by atoms with van der Waals surface area (Å²) in [4.78, 5) is 12.1. The highest BCUT2D eigenvalue weighted by molar-refractivity contribution is 6.32. The Labute approximate surface area is 140 Å². The van der Waals surface area contributed by atoms with Crippen molar-refractivity contribution in [2.24, 2.45) is 0 Å². The molecule has 0 aliphatic rings. The SMILES string of the molecule is CC(C)(C)c1ccccc1NC(=O)COc1ccc(F)cc1Cl. The van der Waals surface area contributed by atoms with Gasteiger partial charge >= 0.3 is 0 Å². The lowest BCUT2D eigenvalue weighted by atomic mass is 9.86. The number of hydrogen-bond acceptors (Lipinski definition) is 2. The number of amides is 1. The van der Waals surface area contributed by atoms with E-state index in [4.69, 9.17) is 16.3 Å². The second-order valence-corrected chi connectivity index (χ2v) is 6.61. The molecule has 5 heteroatoms. The predicted octanol–water partition coefficient (Wildman–Crippen LogP) is 4.79. The summed E-state index contributed by atoms with van der Waals surface area (Å²) in [6, 6.07) is 11.4. The van der Waals surface area contributed by atoms with Crippen molar-refractivity contribution in [3.05, 3.63) is 58.9 Å². The Balaban J connectivity index is 2.03. The Morgan fingerprint density at radius 1 is 1.22 bits per heavy atom. The highest BCUT2D eigenvalue weighted by atomic mass is 35.5. The van der Waals surface area contributed by atoms with Crippen LogP contribution < -0.4 is 10.1 Å². The highest BCUT2D eigenvalue weighted by Crippen LogP contribution is 2.29. The van der Waals surface area contributed by atoms with Crippen molar-refractivity contribution in [3.63, 3.8) is 0 Å². The average molecular weight is 336 g/mol. The van der Waals surface area contributed by atoms with E-state index >= 15 is 0 Å². The zero-order valence-electron chi connectivity index (χ0n) is 13.3. The maximum Gasteiger partial charge on any atom is 0.262 e. The third-order valence-electron chi connectivity index (χ3n) is 3.26. The van der Waals surface area contributed by atoms with E-state index in [1.807, 2.05) is 24.3 Å². The number of rotatable bonds is 4. The number of nitrogens with one attached hydrogen (secondary N) is 1. The number of para-hydroxylation sites is 1. The van der Waals surface area contributed by atoms with Crippen molar-refractivity contribution in [2.45, 2.75) is 26.2 Å². The van der Waals surface area contributed by atoms with Crippen LogP contribution in [0.3, 0.4) is 0 Å². The average Bonchev–Trinajstić information content (AvgIpc) is 2.46. The summed E-state index contributed by atoms with van der Waals surface area (Å²) >= 11 is 5.86. The quantitative estimate of drug-likeness (QED) is 0.872. The summed E-state index contributed by atoms with van der Waals surface area (Å²) in [6.07, 6.45) is 0. The van der Waals surface area contributed by atoms with Gasteiger partial charge in [-0.15, -0.1) is 0 Å². The highest BCUT2D eigenvalue weighted by Gasteiger charge is 2.18. The van der Waals surface area contributed by atoms with E-state index in [0.29, 0.717) is 0 Å². The molecule has 0 unspecified atom stereocenters. The van der Waals surface area contributed by atoms with Crippen LogP contribution in [0.15, 0.2) is 42.5 Å². The van der Waals surface area contributed by atoms with Crippen LogP contribution in [0.4, 0.5) is 10.1 Å². The lowest BCUT2D eigenvalue weighted by Gasteiger charge is -2.23. The van der Waals surface area contributed by atoms with Crippen LogP contribution in [-0.4, -0.2) is 12.5 Å². The van der Waals surface area contributed by atoms with E-state index in [1.54, 1.807) is 0 Å². The van der Waals surface area contributed by atoms with Crippen molar-refractivity contribution in [3.8, 4) is 5.75 Å². The molecule has 0 aliphatic heterocycles. The molecular formula is C18H19ClFNO2. The molecule has 2 rings (SSSR count). The standard InChI is InChI=1S/C18H19ClFNO2/c1-18(2,3)13-6-4-5-7-15(13)21-17(22)11-23-16-9-8-12(20)10-14(16)19/h4-10H,11H2,1-3H3,(H,21,22). The Kier molecular flexibility index (Phi) is 5.26. The molecular weight excluding hydrogens is 317 g/mol. The molecule has 0 radical (unpaired) electrons. The minimum absolute atomic E-state index is 0.0923.